The molecule has 25 heavy (non-hydrogen) atoms. The number of carbonyl (C=O) groups excluding carboxylic acids is 1. The molecule has 0 aliphatic heterocycles. The number of rotatable bonds is 5. The highest BCUT2D eigenvalue weighted by Crippen LogP contribution is 2.33. The summed E-state index contributed by atoms with van der Waals surface area (Å²) in [7, 11) is 0. The van der Waals surface area contributed by atoms with Crippen molar-refractivity contribution in [1.29, 1.82) is 0 Å². The molecule has 3 aromatic rings. The van der Waals surface area contributed by atoms with Gasteiger partial charge in [-0.05, 0) is 36.8 Å². The van der Waals surface area contributed by atoms with Crippen molar-refractivity contribution in [2.24, 2.45) is 0 Å². The number of nitrogens with one attached hydrogen (secondary N) is 1. The van der Waals surface area contributed by atoms with Crippen molar-refractivity contribution in [2.45, 2.75) is 17.0 Å². The summed E-state index contributed by atoms with van der Waals surface area (Å²) in [6.07, 6.45) is 1.64. The number of aryl methyl sites for hydroxylation is 1. The molecule has 1 N–H and O–H groups in total. The smallest absolute Gasteiger partial charge is 0.259 e. The van der Waals surface area contributed by atoms with Gasteiger partial charge in [-0.15, -0.1) is 10.2 Å². The van der Waals surface area contributed by atoms with Crippen LogP contribution in [0.25, 0.3) is 0 Å². The Morgan fingerprint density at radius 3 is 2.68 bits per heavy atom. The van der Waals surface area contributed by atoms with Crippen molar-refractivity contribution in [3.63, 3.8) is 0 Å². The molecule has 0 saturated heterocycles. The molecule has 9 heteroatoms. The van der Waals surface area contributed by atoms with E-state index in [9.17, 15) is 4.79 Å². The highest BCUT2D eigenvalue weighted by molar-refractivity contribution is 8.00. The molecule has 0 unspecified atom stereocenters. The molecule has 2 aromatic heterocycles. The van der Waals surface area contributed by atoms with E-state index in [4.69, 9.17) is 23.2 Å². The van der Waals surface area contributed by atoms with Gasteiger partial charge in [0.1, 0.15) is 0 Å². The number of hydrogen-bond donors (Lipinski definition) is 1. The van der Waals surface area contributed by atoms with Crippen LogP contribution in [0.1, 0.15) is 21.6 Å². The molecule has 0 radical (unpaired) electrons. The second kappa shape index (κ2) is 8.14. The first-order valence-corrected chi connectivity index (χ1v) is 9.72. The monoisotopic (exact) mass is 410 g/mol. The topological polar surface area (TPSA) is 67.8 Å². The molecule has 0 aliphatic rings. The van der Waals surface area contributed by atoms with Crippen molar-refractivity contribution < 1.29 is 4.79 Å². The van der Waals surface area contributed by atoms with E-state index in [0.717, 1.165) is 5.56 Å². The fourth-order valence-electron chi connectivity index (χ4n) is 2.01. The average molecular weight is 411 g/mol. The van der Waals surface area contributed by atoms with Gasteiger partial charge in [0.2, 0.25) is 5.13 Å². The van der Waals surface area contributed by atoms with Gasteiger partial charge in [0, 0.05) is 27.7 Å². The number of carbonyl (C=O) groups is 1. The molecule has 0 saturated carbocycles. The standard InChI is InChI=1S/C16H12Cl2N4OS2/c1-9-10(4-3-7-19-9)14(23)20-15-21-22-16(25-15)24-8-11-12(17)5-2-6-13(11)18/h2-7H,8H2,1H3,(H,20,21,23). The lowest BCUT2D eigenvalue weighted by atomic mass is 10.2. The lowest BCUT2D eigenvalue weighted by Crippen LogP contribution is -2.13. The van der Waals surface area contributed by atoms with Crippen molar-refractivity contribution in [3.05, 3.63) is 63.4 Å². The largest absolute Gasteiger partial charge is 0.296 e. The molecule has 2 heterocycles. The zero-order chi connectivity index (χ0) is 17.8. The van der Waals surface area contributed by atoms with Crippen LogP contribution in [0.4, 0.5) is 5.13 Å². The summed E-state index contributed by atoms with van der Waals surface area (Å²) < 4.78 is 0.717. The van der Waals surface area contributed by atoms with Crippen LogP contribution < -0.4 is 5.32 Å². The van der Waals surface area contributed by atoms with Gasteiger partial charge in [-0.3, -0.25) is 15.1 Å². The van der Waals surface area contributed by atoms with Crippen molar-refractivity contribution in [2.75, 3.05) is 5.32 Å². The summed E-state index contributed by atoms with van der Waals surface area (Å²) in [6, 6.07) is 8.83. The SMILES string of the molecule is Cc1ncccc1C(=O)Nc1nnc(SCc2c(Cl)cccc2Cl)s1. The molecular formula is C16H12Cl2N4OS2. The first-order valence-electron chi connectivity index (χ1n) is 7.17. The fourth-order valence-corrected chi connectivity index (χ4v) is 4.50. The molecular weight excluding hydrogens is 399 g/mol. The summed E-state index contributed by atoms with van der Waals surface area (Å²) in [4.78, 5) is 16.4. The molecule has 128 valence electrons. The van der Waals surface area contributed by atoms with E-state index < -0.39 is 0 Å². The molecule has 0 bridgehead atoms. The highest BCUT2D eigenvalue weighted by atomic mass is 35.5. The summed E-state index contributed by atoms with van der Waals surface area (Å²) >= 11 is 15.1. The van der Waals surface area contributed by atoms with Crippen LogP contribution in [0.15, 0.2) is 40.9 Å². The van der Waals surface area contributed by atoms with E-state index in [1.165, 1.54) is 23.1 Å². The molecule has 3 rings (SSSR count). The van der Waals surface area contributed by atoms with E-state index in [1.54, 1.807) is 43.5 Å². The lowest BCUT2D eigenvalue weighted by molar-refractivity contribution is 0.102. The Balaban J connectivity index is 1.65. The number of aromatic nitrogens is 3. The first-order chi connectivity index (χ1) is 12.0. The quantitative estimate of drug-likeness (QED) is 0.468. The Kier molecular flexibility index (Phi) is 5.90. The van der Waals surface area contributed by atoms with E-state index in [-0.39, 0.29) is 5.91 Å². The maximum atomic E-state index is 12.3. The number of thioether (sulfide) groups is 1. The predicted octanol–water partition coefficient (Wildman–Crippen LogP) is 5.09. The Morgan fingerprint density at radius 1 is 1.20 bits per heavy atom. The zero-order valence-electron chi connectivity index (χ0n) is 13.0. The van der Waals surface area contributed by atoms with Gasteiger partial charge < -0.3 is 0 Å². The maximum absolute atomic E-state index is 12.3. The second-order valence-corrected chi connectivity index (χ2v) is 7.97. The third-order valence-corrected chi connectivity index (χ3v) is 5.99. The second-order valence-electron chi connectivity index (χ2n) is 4.95. The Morgan fingerprint density at radius 2 is 1.96 bits per heavy atom. The summed E-state index contributed by atoms with van der Waals surface area (Å²) in [5.74, 6) is 0.315. The minimum atomic E-state index is -0.257. The van der Waals surface area contributed by atoms with Crippen LogP contribution in [0.2, 0.25) is 10.0 Å². The zero-order valence-corrected chi connectivity index (χ0v) is 16.1. The molecule has 0 spiro atoms. The number of hydrogen-bond acceptors (Lipinski definition) is 6. The minimum Gasteiger partial charge on any atom is -0.296 e. The Labute approximate surface area is 162 Å². The van der Waals surface area contributed by atoms with E-state index in [0.29, 0.717) is 36.5 Å². The summed E-state index contributed by atoms with van der Waals surface area (Å²) in [5.41, 5.74) is 2.02. The van der Waals surface area contributed by atoms with Gasteiger partial charge in [-0.1, -0.05) is 52.4 Å². The van der Waals surface area contributed by atoms with E-state index >= 15 is 0 Å². The lowest BCUT2D eigenvalue weighted by Gasteiger charge is -2.04. The normalized spacial score (nSPS) is 10.7. The molecule has 1 amide bonds. The van der Waals surface area contributed by atoms with Gasteiger partial charge in [0.15, 0.2) is 4.34 Å². The maximum Gasteiger partial charge on any atom is 0.259 e. The van der Waals surface area contributed by atoms with Crippen LogP contribution in [-0.4, -0.2) is 21.1 Å². The average Bonchev–Trinajstić information content (AvgIpc) is 3.02. The number of halogens is 2. The molecule has 1 aromatic carbocycles. The highest BCUT2D eigenvalue weighted by Gasteiger charge is 2.14. The van der Waals surface area contributed by atoms with Crippen molar-refractivity contribution >= 4 is 57.3 Å². The molecule has 0 atom stereocenters. The Bertz CT molecular complexity index is 896. The predicted molar refractivity (Wildman–Crippen MR) is 103 cm³/mol. The number of anilines is 1. The number of pyridine rings is 1. The summed E-state index contributed by atoms with van der Waals surface area (Å²) in [5, 5.41) is 12.5. The van der Waals surface area contributed by atoms with Crippen LogP contribution in [0, 0.1) is 6.92 Å². The molecule has 0 fully saturated rings. The van der Waals surface area contributed by atoms with Gasteiger partial charge >= 0.3 is 0 Å². The molecule has 0 aliphatic carbocycles. The van der Waals surface area contributed by atoms with E-state index in [2.05, 4.69) is 20.5 Å². The third-order valence-electron chi connectivity index (χ3n) is 3.28. The van der Waals surface area contributed by atoms with E-state index in [1.807, 2.05) is 0 Å². The van der Waals surface area contributed by atoms with Crippen molar-refractivity contribution in [1.82, 2.24) is 15.2 Å². The van der Waals surface area contributed by atoms with Gasteiger partial charge in [-0.2, -0.15) is 0 Å². The fraction of sp³-hybridized carbons (Fsp3) is 0.125. The summed E-state index contributed by atoms with van der Waals surface area (Å²) in [6.45, 7) is 1.78. The van der Waals surface area contributed by atoms with Crippen LogP contribution >= 0.6 is 46.3 Å². The number of benzene rings is 1. The van der Waals surface area contributed by atoms with Gasteiger partial charge in [0.05, 0.1) is 5.56 Å². The van der Waals surface area contributed by atoms with Gasteiger partial charge in [0.25, 0.3) is 5.91 Å². The van der Waals surface area contributed by atoms with Crippen molar-refractivity contribution in [3.8, 4) is 0 Å². The Hall–Kier alpha value is -1.67. The third kappa shape index (κ3) is 4.49. The molecule has 5 nitrogen and oxygen atoms in total. The number of amides is 1. The minimum absolute atomic E-state index is 0.257. The van der Waals surface area contributed by atoms with Crippen LogP contribution in [0.3, 0.4) is 0 Å². The number of nitrogens with zero attached hydrogens (tertiary/aromatic N) is 3. The van der Waals surface area contributed by atoms with Crippen LogP contribution in [0.5, 0.6) is 0 Å². The van der Waals surface area contributed by atoms with Crippen LogP contribution in [-0.2, 0) is 5.75 Å². The first kappa shape index (κ1) is 18.1. The van der Waals surface area contributed by atoms with Gasteiger partial charge in [-0.25, -0.2) is 0 Å².